The molecule has 0 atom stereocenters. The van der Waals surface area contributed by atoms with E-state index >= 15 is 0 Å². The van der Waals surface area contributed by atoms with Crippen LogP contribution in [-0.2, 0) is 20.0 Å². The molecule has 0 spiro atoms. The molecular weight excluding hydrogens is 414 g/mol. The highest BCUT2D eigenvalue weighted by Crippen LogP contribution is 2.16. The van der Waals surface area contributed by atoms with Gasteiger partial charge >= 0.3 is 0 Å². The number of carbonyl (C=O) groups is 1. The number of rotatable bonds is 10. The van der Waals surface area contributed by atoms with Crippen molar-refractivity contribution in [3.63, 3.8) is 0 Å². The second kappa shape index (κ2) is 9.79. The lowest BCUT2D eigenvalue weighted by molar-refractivity contribution is 0.102. The number of nitrogens with one attached hydrogen (secondary N) is 3. The van der Waals surface area contributed by atoms with Gasteiger partial charge in [0.2, 0.25) is 20.0 Å². The van der Waals surface area contributed by atoms with E-state index < -0.39 is 26.0 Å². The van der Waals surface area contributed by atoms with E-state index in [2.05, 4.69) is 21.3 Å². The zero-order valence-electron chi connectivity index (χ0n) is 15.9. The van der Waals surface area contributed by atoms with Crippen molar-refractivity contribution in [3.8, 4) is 0 Å². The van der Waals surface area contributed by atoms with E-state index in [4.69, 9.17) is 0 Å². The first-order valence-electron chi connectivity index (χ1n) is 8.81. The fourth-order valence-electron chi connectivity index (χ4n) is 2.28. The van der Waals surface area contributed by atoms with Crippen LogP contribution in [0.5, 0.6) is 0 Å². The van der Waals surface area contributed by atoms with Crippen molar-refractivity contribution in [1.82, 2.24) is 9.44 Å². The van der Waals surface area contributed by atoms with Gasteiger partial charge in [-0.15, -0.1) is 6.58 Å². The Morgan fingerprint density at radius 3 is 1.93 bits per heavy atom. The fraction of sp³-hybridized carbons (Fsp3) is 0.211. The molecule has 2 aromatic rings. The molecule has 0 aliphatic heterocycles. The summed E-state index contributed by atoms with van der Waals surface area (Å²) in [5, 5.41) is 2.64. The molecule has 0 aromatic heterocycles. The van der Waals surface area contributed by atoms with Crippen molar-refractivity contribution < 1.29 is 21.6 Å². The molecule has 0 fully saturated rings. The SMILES string of the molecule is C=CCNS(=O)(=O)c1ccc(C(=O)Nc2ccc(S(=O)(=O)NCCC)cc2)cc1. The van der Waals surface area contributed by atoms with Crippen molar-refractivity contribution in [2.24, 2.45) is 0 Å². The number of sulfonamides is 2. The highest BCUT2D eigenvalue weighted by molar-refractivity contribution is 7.89. The smallest absolute Gasteiger partial charge is 0.255 e. The number of anilines is 1. The van der Waals surface area contributed by atoms with Gasteiger partial charge in [0.15, 0.2) is 0 Å². The molecule has 0 aliphatic carbocycles. The third-order valence-electron chi connectivity index (χ3n) is 3.81. The molecule has 1 amide bonds. The maximum atomic E-state index is 12.4. The predicted octanol–water partition coefficient (Wildman–Crippen LogP) is 2.09. The Morgan fingerprint density at radius 1 is 0.897 bits per heavy atom. The average Bonchev–Trinajstić information content (AvgIpc) is 2.71. The zero-order valence-corrected chi connectivity index (χ0v) is 17.5. The van der Waals surface area contributed by atoms with Gasteiger partial charge in [0, 0.05) is 24.3 Å². The van der Waals surface area contributed by atoms with E-state index in [1.165, 1.54) is 54.6 Å². The van der Waals surface area contributed by atoms with E-state index in [1.54, 1.807) is 0 Å². The topological polar surface area (TPSA) is 121 Å². The van der Waals surface area contributed by atoms with Crippen LogP contribution in [0.4, 0.5) is 5.69 Å². The molecule has 0 unspecified atom stereocenters. The fourth-order valence-corrected chi connectivity index (χ4v) is 4.41. The van der Waals surface area contributed by atoms with E-state index in [1.807, 2.05) is 6.92 Å². The van der Waals surface area contributed by atoms with Gasteiger partial charge in [-0.2, -0.15) is 0 Å². The van der Waals surface area contributed by atoms with Crippen molar-refractivity contribution in [2.45, 2.75) is 23.1 Å². The zero-order chi connectivity index (χ0) is 21.5. The lowest BCUT2D eigenvalue weighted by Gasteiger charge is -2.09. The summed E-state index contributed by atoms with van der Waals surface area (Å²) in [4.78, 5) is 12.5. The summed E-state index contributed by atoms with van der Waals surface area (Å²) in [6.45, 7) is 5.76. The van der Waals surface area contributed by atoms with Gasteiger partial charge < -0.3 is 5.32 Å². The van der Waals surface area contributed by atoms with E-state index in [0.29, 0.717) is 18.7 Å². The van der Waals surface area contributed by atoms with Crippen LogP contribution >= 0.6 is 0 Å². The Balaban J connectivity index is 2.08. The summed E-state index contributed by atoms with van der Waals surface area (Å²) in [6, 6.07) is 11.2. The minimum atomic E-state index is -3.67. The van der Waals surface area contributed by atoms with E-state index in [-0.39, 0.29) is 21.9 Å². The van der Waals surface area contributed by atoms with Crippen LogP contribution in [0.25, 0.3) is 0 Å². The first-order chi connectivity index (χ1) is 13.7. The van der Waals surface area contributed by atoms with Gasteiger partial charge in [0.1, 0.15) is 0 Å². The summed E-state index contributed by atoms with van der Waals surface area (Å²) in [5.41, 5.74) is 0.669. The van der Waals surface area contributed by atoms with Crippen LogP contribution in [0.1, 0.15) is 23.7 Å². The van der Waals surface area contributed by atoms with Gasteiger partial charge in [-0.1, -0.05) is 13.0 Å². The molecular formula is C19H23N3O5S2. The van der Waals surface area contributed by atoms with Crippen molar-refractivity contribution in [2.75, 3.05) is 18.4 Å². The summed E-state index contributed by atoms with van der Waals surface area (Å²) >= 11 is 0. The third-order valence-corrected chi connectivity index (χ3v) is 6.73. The van der Waals surface area contributed by atoms with Crippen LogP contribution in [0.2, 0.25) is 0 Å². The lowest BCUT2D eigenvalue weighted by atomic mass is 10.2. The number of amides is 1. The minimum Gasteiger partial charge on any atom is -0.322 e. The van der Waals surface area contributed by atoms with Crippen LogP contribution < -0.4 is 14.8 Å². The Morgan fingerprint density at radius 2 is 1.41 bits per heavy atom. The second-order valence-electron chi connectivity index (χ2n) is 6.04. The first-order valence-corrected chi connectivity index (χ1v) is 11.8. The number of hydrogen-bond donors (Lipinski definition) is 3. The molecule has 8 nitrogen and oxygen atoms in total. The van der Waals surface area contributed by atoms with Gasteiger partial charge in [0.05, 0.1) is 9.79 Å². The molecule has 0 aliphatic rings. The van der Waals surface area contributed by atoms with Crippen LogP contribution in [0, 0.1) is 0 Å². The summed E-state index contributed by atoms with van der Waals surface area (Å²) in [5.74, 6) is -0.451. The van der Waals surface area contributed by atoms with E-state index in [0.717, 1.165) is 0 Å². The summed E-state index contributed by atoms with van der Waals surface area (Å²) in [7, 11) is -7.24. The standard InChI is InChI=1S/C19H23N3O5S2/c1-3-13-20-28(24,25)17-9-5-15(6-10-17)19(23)22-16-7-11-18(12-8-16)29(26,27)21-14-4-2/h3,5-12,20-21H,1,4,13-14H2,2H3,(H,22,23). The largest absolute Gasteiger partial charge is 0.322 e. The molecule has 2 rings (SSSR count). The quantitative estimate of drug-likeness (QED) is 0.492. The molecule has 0 bridgehead atoms. The number of hydrogen-bond acceptors (Lipinski definition) is 5. The molecule has 3 N–H and O–H groups in total. The Hall–Kier alpha value is -2.53. The molecule has 0 radical (unpaired) electrons. The van der Waals surface area contributed by atoms with E-state index in [9.17, 15) is 21.6 Å². The average molecular weight is 438 g/mol. The highest BCUT2D eigenvalue weighted by Gasteiger charge is 2.15. The van der Waals surface area contributed by atoms with Gasteiger partial charge in [-0.25, -0.2) is 26.3 Å². The van der Waals surface area contributed by atoms with Crippen molar-refractivity contribution >= 4 is 31.6 Å². The second-order valence-corrected chi connectivity index (χ2v) is 9.58. The molecule has 0 saturated heterocycles. The molecule has 0 saturated carbocycles. The number of carbonyl (C=O) groups excluding carboxylic acids is 1. The van der Waals surface area contributed by atoms with Crippen LogP contribution in [0.3, 0.4) is 0 Å². The van der Waals surface area contributed by atoms with Gasteiger partial charge in [-0.3, -0.25) is 4.79 Å². The highest BCUT2D eigenvalue weighted by atomic mass is 32.2. The maximum absolute atomic E-state index is 12.4. The minimum absolute atomic E-state index is 0.0324. The van der Waals surface area contributed by atoms with Crippen molar-refractivity contribution in [1.29, 1.82) is 0 Å². The third kappa shape index (κ3) is 6.23. The van der Waals surface area contributed by atoms with Gasteiger partial charge in [-0.05, 0) is 55.0 Å². The normalized spacial score (nSPS) is 11.8. The Labute approximate surface area is 171 Å². The monoisotopic (exact) mass is 437 g/mol. The van der Waals surface area contributed by atoms with Crippen molar-refractivity contribution in [3.05, 3.63) is 66.7 Å². The first kappa shape index (κ1) is 22.8. The van der Waals surface area contributed by atoms with Crippen LogP contribution in [0.15, 0.2) is 71.0 Å². The Kier molecular flexibility index (Phi) is 7.68. The van der Waals surface area contributed by atoms with Gasteiger partial charge in [0.25, 0.3) is 5.91 Å². The molecule has 29 heavy (non-hydrogen) atoms. The molecule has 2 aromatic carbocycles. The summed E-state index contributed by atoms with van der Waals surface area (Å²) < 4.78 is 53.0. The maximum Gasteiger partial charge on any atom is 0.255 e. The lowest BCUT2D eigenvalue weighted by Crippen LogP contribution is -2.24. The van der Waals surface area contributed by atoms with Crippen LogP contribution in [-0.4, -0.2) is 35.8 Å². The summed E-state index contributed by atoms with van der Waals surface area (Å²) in [6.07, 6.45) is 2.10. The number of benzene rings is 2. The molecule has 156 valence electrons. The predicted molar refractivity (Wildman–Crippen MR) is 112 cm³/mol. The Bertz CT molecular complexity index is 1060. The molecule has 0 heterocycles. The molecule has 10 heteroatoms.